The zero-order valence-electron chi connectivity index (χ0n) is 48.1. The number of rotatable bonds is 0. The van der Waals surface area contributed by atoms with Crippen LogP contribution in [0.2, 0.25) is 0 Å². The Morgan fingerprint density at radius 2 is 0.681 bits per heavy atom. The molecule has 11 heteroatoms. The summed E-state index contributed by atoms with van der Waals surface area (Å²) in [5, 5.41) is 28.0. The highest BCUT2D eigenvalue weighted by Gasteiger charge is 2.37. The minimum atomic E-state index is 0.295. The van der Waals surface area contributed by atoms with E-state index in [0.29, 0.717) is 26.2 Å². The lowest BCUT2D eigenvalue weighted by molar-refractivity contribution is -0.0952. The molecule has 5 spiro atoms. The fourth-order valence-corrected chi connectivity index (χ4v) is 13.7. The van der Waals surface area contributed by atoms with Crippen LogP contribution in [0.25, 0.3) is 0 Å². The van der Waals surface area contributed by atoms with Crippen LogP contribution < -0.4 is 42.5 Å². The first kappa shape index (κ1) is 67.4. The number of piperidine rings is 5. The molecule has 10 rings (SSSR count). The van der Waals surface area contributed by atoms with Gasteiger partial charge in [-0.15, -0.1) is 0 Å². The molecule has 0 aromatic rings. The molecule has 10 aliphatic rings. The van der Waals surface area contributed by atoms with Crippen LogP contribution in [-0.4, -0.2) is 136 Å². The molecule has 1 saturated carbocycles. The third-order valence-electron chi connectivity index (χ3n) is 14.5. The quantitative estimate of drug-likeness (QED) is 0.119. The van der Waals surface area contributed by atoms with E-state index in [1.54, 1.807) is 0 Å². The molecule has 9 saturated heterocycles. The van der Waals surface area contributed by atoms with Gasteiger partial charge in [-0.05, 0) is 175 Å². The van der Waals surface area contributed by atoms with Crippen molar-refractivity contribution in [2.45, 2.75) is 262 Å². The molecule has 0 atom stereocenters. The van der Waals surface area contributed by atoms with Crippen molar-refractivity contribution >= 4 is 23.5 Å². The average molecular weight is 1010 g/mol. The van der Waals surface area contributed by atoms with Gasteiger partial charge in [-0.1, -0.05) is 127 Å². The summed E-state index contributed by atoms with van der Waals surface area (Å²) < 4.78 is 7.13. The maximum atomic E-state index is 5.87. The second-order valence-electron chi connectivity index (χ2n) is 22.0. The molecule has 9 nitrogen and oxygen atoms in total. The molecular formula is C58H124N8OS2. The highest BCUT2D eigenvalue weighted by atomic mass is 32.2. The van der Waals surface area contributed by atoms with E-state index in [0.717, 1.165) is 19.7 Å². The summed E-state index contributed by atoms with van der Waals surface area (Å²) in [6, 6.07) is 0. The minimum Gasteiger partial charge on any atom is -0.375 e. The number of thioether (sulfide) groups is 2. The van der Waals surface area contributed by atoms with E-state index in [9.17, 15) is 0 Å². The van der Waals surface area contributed by atoms with Crippen molar-refractivity contribution in [3.8, 4) is 0 Å². The summed E-state index contributed by atoms with van der Waals surface area (Å²) in [7, 11) is 0. The van der Waals surface area contributed by atoms with Gasteiger partial charge in [0.25, 0.3) is 0 Å². The molecule has 0 unspecified atom stereocenters. The lowest BCUT2D eigenvalue weighted by Gasteiger charge is -2.41. The number of hydrogen-bond acceptors (Lipinski definition) is 11. The highest BCUT2D eigenvalue weighted by Crippen LogP contribution is 2.41. The molecule has 8 N–H and O–H groups in total. The van der Waals surface area contributed by atoms with Crippen LogP contribution >= 0.6 is 23.5 Å². The van der Waals surface area contributed by atoms with Gasteiger partial charge in [0.05, 0.1) is 5.60 Å². The van der Waals surface area contributed by atoms with Crippen molar-refractivity contribution in [3.63, 3.8) is 0 Å². The van der Waals surface area contributed by atoms with Crippen LogP contribution in [0.4, 0.5) is 0 Å². The molecule has 0 radical (unpaired) electrons. The van der Waals surface area contributed by atoms with Gasteiger partial charge in [-0.25, -0.2) is 0 Å². The lowest BCUT2D eigenvalue weighted by Crippen LogP contribution is -2.54. The van der Waals surface area contributed by atoms with Crippen molar-refractivity contribution < 1.29 is 4.74 Å². The predicted molar refractivity (Wildman–Crippen MR) is 315 cm³/mol. The van der Waals surface area contributed by atoms with Crippen molar-refractivity contribution in [3.05, 3.63) is 0 Å². The highest BCUT2D eigenvalue weighted by molar-refractivity contribution is 8.01. The third kappa shape index (κ3) is 30.5. The molecule has 9 heterocycles. The Balaban J connectivity index is 0.000000402. The molecular weight excluding hydrogens is 889 g/mol. The zero-order valence-corrected chi connectivity index (χ0v) is 49.8. The predicted octanol–water partition coefficient (Wildman–Crippen LogP) is 12.2. The normalized spacial score (nSPS) is 25.3. The minimum absolute atomic E-state index is 0.295. The Morgan fingerprint density at radius 3 is 1.04 bits per heavy atom. The molecule has 0 amide bonds. The Bertz CT molecular complexity index is 840. The van der Waals surface area contributed by atoms with Crippen LogP contribution in [0.1, 0.15) is 236 Å². The number of ether oxygens (including phenoxy) is 1. The lowest BCUT2D eigenvalue weighted by atomic mass is 9.81. The zero-order chi connectivity index (χ0) is 50.7. The van der Waals surface area contributed by atoms with Gasteiger partial charge in [-0.3, -0.25) is 0 Å². The monoisotopic (exact) mass is 1010 g/mol. The Labute approximate surface area is 440 Å². The Kier molecular flexibility index (Phi) is 42.5. The van der Waals surface area contributed by atoms with E-state index in [2.05, 4.69) is 135 Å². The summed E-state index contributed by atoms with van der Waals surface area (Å²) in [5.74, 6) is 2.64. The molecule has 414 valence electrons. The Morgan fingerprint density at radius 1 is 0.319 bits per heavy atom. The van der Waals surface area contributed by atoms with Crippen LogP contribution in [0.3, 0.4) is 0 Å². The molecule has 1 aliphatic carbocycles. The summed E-state index contributed by atoms with van der Waals surface area (Å²) in [6.45, 7) is 39.3. The molecule has 10 fully saturated rings. The standard InChI is InChI=1S/C9H18N2.C9H17NO.C9H17NS.C8H16N2S.C8H16N2.5C3H8/c1-2-6-11-9(3-1)4-7-10-8-5-9;1-2-8-11-9(3-1)4-6-10-7-5-9;1-2-4-9(5-3-1)8-10-6-7-11-9;1-3-9-4-2-8(1)7-10-5-6-11-8;1-2-8(10-5-1)3-6-9-7-4-8;5*1-3-2/h10-11H,1-8H2;2*10H,1-8H2;9-10H,1-7H2;9-10H,1-7H2;5*3H2,1-2H3. The topological polar surface area (TPSA) is 105 Å². The third-order valence-corrected chi connectivity index (χ3v) is 17.7. The van der Waals surface area contributed by atoms with Crippen LogP contribution in [-0.2, 0) is 4.74 Å². The maximum absolute atomic E-state index is 5.87. The SMILES string of the molecule is C1CC2(CCN1)CNCCS2.C1CCC2(CC1)CNCCS2.C1CCC2(CCNCC2)NC1.C1CCC2(CCNCC2)OC1.C1CNC2(C1)CCNCC2.CCC.CCC.CCC.CCC.CCC. The average Bonchev–Trinajstić information content (AvgIpc) is 3.83. The molecule has 0 aromatic heterocycles. The van der Waals surface area contributed by atoms with Gasteiger partial charge in [0.2, 0.25) is 0 Å². The first-order valence-electron chi connectivity index (χ1n) is 30.3. The number of hydrogen-bond donors (Lipinski definition) is 8. The summed E-state index contributed by atoms with van der Waals surface area (Å²) in [5.41, 5.74) is 1.40. The number of nitrogens with one attached hydrogen (secondary N) is 8. The van der Waals surface area contributed by atoms with Crippen LogP contribution in [0.5, 0.6) is 0 Å². The fourth-order valence-electron chi connectivity index (χ4n) is 10.9. The Hall–Kier alpha value is 0.340. The maximum Gasteiger partial charge on any atom is 0.0706 e. The largest absolute Gasteiger partial charge is 0.375 e. The van der Waals surface area contributed by atoms with Crippen molar-refractivity contribution in [2.24, 2.45) is 0 Å². The summed E-state index contributed by atoms with van der Waals surface area (Å²) >= 11 is 4.41. The molecule has 9 aliphatic heterocycles. The van der Waals surface area contributed by atoms with E-state index >= 15 is 0 Å². The van der Waals surface area contributed by atoms with Gasteiger partial charge in [0, 0.05) is 64.9 Å². The summed E-state index contributed by atoms with van der Waals surface area (Å²) in [6.07, 6.45) is 35.1. The molecule has 0 bridgehead atoms. The van der Waals surface area contributed by atoms with E-state index in [1.165, 1.54) is 257 Å². The smallest absolute Gasteiger partial charge is 0.0706 e. The second kappa shape index (κ2) is 43.6. The first-order chi connectivity index (χ1) is 33.6. The van der Waals surface area contributed by atoms with Crippen LogP contribution in [0.15, 0.2) is 0 Å². The summed E-state index contributed by atoms with van der Waals surface area (Å²) in [4.78, 5) is 0. The van der Waals surface area contributed by atoms with E-state index < -0.39 is 0 Å². The van der Waals surface area contributed by atoms with Gasteiger partial charge in [-0.2, -0.15) is 23.5 Å². The van der Waals surface area contributed by atoms with Crippen LogP contribution in [0, 0.1) is 0 Å². The molecule has 69 heavy (non-hydrogen) atoms. The van der Waals surface area contributed by atoms with Crippen molar-refractivity contribution in [2.75, 3.05) is 110 Å². The van der Waals surface area contributed by atoms with Gasteiger partial charge >= 0.3 is 0 Å². The van der Waals surface area contributed by atoms with Gasteiger partial charge < -0.3 is 47.3 Å². The van der Waals surface area contributed by atoms with E-state index in [4.69, 9.17) is 4.74 Å². The van der Waals surface area contributed by atoms with Gasteiger partial charge in [0.1, 0.15) is 0 Å². The fraction of sp³-hybridized carbons (Fsp3) is 1.00. The van der Waals surface area contributed by atoms with E-state index in [-0.39, 0.29) is 0 Å². The van der Waals surface area contributed by atoms with Gasteiger partial charge in [0.15, 0.2) is 0 Å². The first-order valence-corrected chi connectivity index (χ1v) is 32.3. The van der Waals surface area contributed by atoms with Crippen molar-refractivity contribution in [1.29, 1.82) is 0 Å². The molecule has 0 aromatic carbocycles. The van der Waals surface area contributed by atoms with Crippen molar-refractivity contribution in [1.82, 2.24) is 42.5 Å². The second-order valence-corrected chi connectivity index (χ2v) is 25.1. The van der Waals surface area contributed by atoms with E-state index in [1.807, 2.05) is 0 Å².